The van der Waals surface area contributed by atoms with Gasteiger partial charge in [-0.25, -0.2) is 0 Å². The van der Waals surface area contributed by atoms with Crippen molar-refractivity contribution in [1.82, 2.24) is 4.90 Å². The van der Waals surface area contributed by atoms with Crippen LogP contribution in [0.3, 0.4) is 0 Å². The molecule has 0 aromatic heterocycles. The zero-order valence-electron chi connectivity index (χ0n) is 14.7. The Morgan fingerprint density at radius 1 is 0.923 bits per heavy atom. The summed E-state index contributed by atoms with van der Waals surface area (Å²) >= 11 is 1.36. The van der Waals surface area contributed by atoms with Gasteiger partial charge in [0.15, 0.2) is 5.78 Å². The minimum atomic E-state index is 0. The lowest BCUT2D eigenvalue weighted by Crippen LogP contribution is -2.34. The fourth-order valence-corrected chi connectivity index (χ4v) is 3.22. The summed E-state index contributed by atoms with van der Waals surface area (Å²) in [6.45, 7) is 1.77. The molecule has 0 aliphatic heterocycles. The van der Waals surface area contributed by atoms with Crippen LogP contribution in [0, 0.1) is 0 Å². The SMILES string of the molecule is Cl.NCCCN(Cc1ccccc1)C(=O)CSCC(=O)c1ccccc1. The van der Waals surface area contributed by atoms with Gasteiger partial charge in [-0.15, -0.1) is 24.2 Å². The maximum absolute atomic E-state index is 12.5. The molecule has 0 bridgehead atoms. The monoisotopic (exact) mass is 392 g/mol. The smallest absolute Gasteiger partial charge is 0.232 e. The number of benzene rings is 2. The van der Waals surface area contributed by atoms with E-state index >= 15 is 0 Å². The molecule has 140 valence electrons. The summed E-state index contributed by atoms with van der Waals surface area (Å²) in [5.74, 6) is 0.708. The number of thioether (sulfide) groups is 1. The Hall–Kier alpha value is -1.82. The van der Waals surface area contributed by atoms with Gasteiger partial charge in [0.25, 0.3) is 0 Å². The number of nitrogens with two attached hydrogens (primary N) is 1. The number of carbonyl (C=O) groups is 2. The Bertz CT molecular complexity index is 668. The van der Waals surface area contributed by atoms with E-state index in [1.165, 1.54) is 11.8 Å². The summed E-state index contributed by atoms with van der Waals surface area (Å²) in [6.07, 6.45) is 0.770. The highest BCUT2D eigenvalue weighted by atomic mass is 35.5. The molecule has 0 unspecified atom stereocenters. The van der Waals surface area contributed by atoms with Crippen LogP contribution in [0.2, 0.25) is 0 Å². The van der Waals surface area contributed by atoms with Crippen molar-refractivity contribution < 1.29 is 9.59 Å². The Balaban J connectivity index is 0.00000338. The number of ketones is 1. The van der Waals surface area contributed by atoms with Crippen LogP contribution in [0.1, 0.15) is 22.3 Å². The molecule has 2 aromatic carbocycles. The van der Waals surface area contributed by atoms with Crippen molar-refractivity contribution in [2.75, 3.05) is 24.6 Å². The first-order valence-electron chi connectivity index (χ1n) is 8.38. The lowest BCUT2D eigenvalue weighted by atomic mass is 10.2. The number of amides is 1. The first-order valence-corrected chi connectivity index (χ1v) is 9.54. The predicted molar refractivity (Wildman–Crippen MR) is 111 cm³/mol. The van der Waals surface area contributed by atoms with Gasteiger partial charge >= 0.3 is 0 Å². The van der Waals surface area contributed by atoms with Crippen LogP contribution in [0.15, 0.2) is 60.7 Å². The molecule has 0 saturated carbocycles. The van der Waals surface area contributed by atoms with Crippen LogP contribution < -0.4 is 5.73 Å². The number of Topliss-reactive ketones (excluding diaryl/α,β-unsaturated/α-hetero) is 1. The second-order valence-electron chi connectivity index (χ2n) is 5.73. The van der Waals surface area contributed by atoms with E-state index in [-0.39, 0.29) is 24.1 Å². The number of rotatable bonds is 10. The molecular weight excluding hydrogens is 368 g/mol. The molecule has 2 aromatic rings. The van der Waals surface area contributed by atoms with E-state index in [0.717, 1.165) is 12.0 Å². The first-order chi connectivity index (χ1) is 12.2. The van der Waals surface area contributed by atoms with E-state index in [2.05, 4.69) is 0 Å². The Morgan fingerprint density at radius 2 is 1.54 bits per heavy atom. The number of nitrogens with zero attached hydrogens (tertiary/aromatic N) is 1. The molecule has 0 aliphatic carbocycles. The van der Waals surface area contributed by atoms with Gasteiger partial charge in [-0.1, -0.05) is 60.7 Å². The molecule has 4 nitrogen and oxygen atoms in total. The molecule has 0 spiro atoms. The number of halogens is 1. The Labute approximate surface area is 165 Å². The minimum absolute atomic E-state index is 0. The minimum Gasteiger partial charge on any atom is -0.338 e. The van der Waals surface area contributed by atoms with Gasteiger partial charge in [-0.2, -0.15) is 0 Å². The van der Waals surface area contributed by atoms with Crippen LogP contribution >= 0.6 is 24.2 Å². The zero-order valence-corrected chi connectivity index (χ0v) is 16.3. The third-order valence-electron chi connectivity index (χ3n) is 3.76. The third kappa shape index (κ3) is 7.60. The molecule has 0 aliphatic rings. The fourth-order valence-electron chi connectivity index (χ4n) is 2.41. The van der Waals surface area contributed by atoms with Gasteiger partial charge in [0.05, 0.1) is 11.5 Å². The van der Waals surface area contributed by atoms with Crippen LogP contribution in [0.5, 0.6) is 0 Å². The second-order valence-corrected chi connectivity index (χ2v) is 6.71. The molecule has 0 saturated heterocycles. The highest BCUT2D eigenvalue weighted by molar-refractivity contribution is 8.00. The van der Waals surface area contributed by atoms with E-state index in [0.29, 0.717) is 36.7 Å². The van der Waals surface area contributed by atoms with Crippen LogP contribution in [-0.4, -0.2) is 41.2 Å². The van der Waals surface area contributed by atoms with E-state index in [1.807, 2.05) is 53.4 Å². The van der Waals surface area contributed by atoms with E-state index in [1.54, 1.807) is 12.1 Å². The molecule has 1 amide bonds. The van der Waals surface area contributed by atoms with Gasteiger partial charge in [-0.3, -0.25) is 9.59 Å². The quantitative estimate of drug-likeness (QED) is 0.629. The molecule has 26 heavy (non-hydrogen) atoms. The maximum Gasteiger partial charge on any atom is 0.232 e. The summed E-state index contributed by atoms with van der Waals surface area (Å²) in [5, 5.41) is 0. The van der Waals surface area contributed by atoms with Crippen molar-refractivity contribution >= 4 is 35.9 Å². The van der Waals surface area contributed by atoms with Crippen molar-refractivity contribution in [2.45, 2.75) is 13.0 Å². The lowest BCUT2D eigenvalue weighted by molar-refractivity contribution is -0.129. The van der Waals surface area contributed by atoms with Gasteiger partial charge in [0.1, 0.15) is 0 Å². The predicted octanol–water partition coefficient (Wildman–Crippen LogP) is 3.40. The normalized spacial score (nSPS) is 10.0. The average molecular weight is 393 g/mol. The largest absolute Gasteiger partial charge is 0.338 e. The lowest BCUT2D eigenvalue weighted by Gasteiger charge is -2.22. The number of hydrogen-bond donors (Lipinski definition) is 1. The Kier molecular flexibility index (Phi) is 10.7. The highest BCUT2D eigenvalue weighted by Gasteiger charge is 2.15. The van der Waals surface area contributed by atoms with Crippen LogP contribution in [0.4, 0.5) is 0 Å². The number of carbonyl (C=O) groups excluding carboxylic acids is 2. The van der Waals surface area contributed by atoms with Crippen LogP contribution in [0.25, 0.3) is 0 Å². The molecule has 2 N–H and O–H groups in total. The van der Waals surface area contributed by atoms with Crippen LogP contribution in [-0.2, 0) is 11.3 Å². The van der Waals surface area contributed by atoms with Gasteiger partial charge in [0, 0.05) is 18.7 Å². The molecule has 0 radical (unpaired) electrons. The van der Waals surface area contributed by atoms with Crippen molar-refractivity contribution in [2.24, 2.45) is 5.73 Å². The topological polar surface area (TPSA) is 63.4 Å². The maximum atomic E-state index is 12.5. The summed E-state index contributed by atoms with van der Waals surface area (Å²) < 4.78 is 0. The van der Waals surface area contributed by atoms with Crippen molar-refractivity contribution in [3.8, 4) is 0 Å². The van der Waals surface area contributed by atoms with E-state index in [9.17, 15) is 9.59 Å². The van der Waals surface area contributed by atoms with Gasteiger partial charge < -0.3 is 10.6 Å². The van der Waals surface area contributed by atoms with E-state index in [4.69, 9.17) is 5.73 Å². The zero-order chi connectivity index (χ0) is 17.9. The molecular formula is C20H25ClN2O2S. The first kappa shape index (κ1) is 22.2. The van der Waals surface area contributed by atoms with Crippen molar-refractivity contribution in [3.63, 3.8) is 0 Å². The van der Waals surface area contributed by atoms with E-state index < -0.39 is 0 Å². The van der Waals surface area contributed by atoms with Gasteiger partial charge in [-0.05, 0) is 18.5 Å². The average Bonchev–Trinajstić information content (AvgIpc) is 2.66. The van der Waals surface area contributed by atoms with Gasteiger partial charge in [0.2, 0.25) is 5.91 Å². The Morgan fingerprint density at radius 3 is 2.15 bits per heavy atom. The summed E-state index contributed by atoms with van der Waals surface area (Å²) in [7, 11) is 0. The van der Waals surface area contributed by atoms with Crippen molar-refractivity contribution in [3.05, 3.63) is 71.8 Å². The molecule has 6 heteroatoms. The summed E-state index contributed by atoms with van der Waals surface area (Å²) in [5.41, 5.74) is 7.37. The molecule has 0 heterocycles. The second kappa shape index (κ2) is 12.5. The third-order valence-corrected chi connectivity index (χ3v) is 4.67. The summed E-state index contributed by atoms with van der Waals surface area (Å²) in [6, 6.07) is 19.1. The number of hydrogen-bond acceptors (Lipinski definition) is 4. The molecule has 0 fully saturated rings. The standard InChI is InChI=1S/C20H24N2O2S.ClH/c21-12-7-13-22(14-17-8-3-1-4-9-17)20(24)16-25-15-19(23)18-10-5-2-6-11-18;/h1-6,8-11H,7,12-16,21H2;1H. The molecule has 2 rings (SSSR count). The highest BCUT2D eigenvalue weighted by Crippen LogP contribution is 2.11. The van der Waals surface area contributed by atoms with Crippen molar-refractivity contribution in [1.29, 1.82) is 0 Å². The fraction of sp³-hybridized carbons (Fsp3) is 0.300. The molecule has 0 atom stereocenters. The summed E-state index contributed by atoms with van der Waals surface area (Å²) in [4.78, 5) is 26.4.